The molecule has 1 atom stereocenters. The maximum Gasteiger partial charge on any atom is 0.407 e. The molecule has 0 saturated heterocycles. The second-order valence-corrected chi connectivity index (χ2v) is 7.45. The maximum atomic E-state index is 12.3. The third-order valence-corrected chi connectivity index (χ3v) is 5.10. The Balaban J connectivity index is 0.000000709. The lowest BCUT2D eigenvalue weighted by Gasteiger charge is -2.17. The third-order valence-electron chi connectivity index (χ3n) is 5.10. The van der Waals surface area contributed by atoms with Crippen LogP contribution in [0, 0.1) is 0 Å². The summed E-state index contributed by atoms with van der Waals surface area (Å²) in [5, 5.41) is 19.3. The number of amides is 1. The number of nitrogens with zero attached hydrogens (tertiary/aromatic N) is 1. The number of carbonyl (C=O) groups is 3. The van der Waals surface area contributed by atoms with Crippen molar-refractivity contribution in [1.82, 2.24) is 10.3 Å². The lowest BCUT2D eigenvalue weighted by Crippen LogP contribution is -2.42. The molecular formula is C25H24N2O6. The van der Waals surface area contributed by atoms with Crippen molar-refractivity contribution in [3.05, 3.63) is 89.7 Å². The fourth-order valence-electron chi connectivity index (χ4n) is 3.74. The highest BCUT2D eigenvalue weighted by Crippen LogP contribution is 2.44. The van der Waals surface area contributed by atoms with Crippen molar-refractivity contribution in [2.24, 2.45) is 0 Å². The molecule has 8 nitrogen and oxygen atoms in total. The molecule has 1 aliphatic carbocycles. The highest BCUT2D eigenvalue weighted by atomic mass is 16.5. The summed E-state index contributed by atoms with van der Waals surface area (Å²) in [6.45, 7) is 1.22. The molecule has 3 N–H and O–H groups in total. The molecule has 0 bridgehead atoms. The van der Waals surface area contributed by atoms with Gasteiger partial charge in [0.15, 0.2) is 0 Å². The van der Waals surface area contributed by atoms with Crippen LogP contribution in [0.4, 0.5) is 4.79 Å². The number of fused-ring (bicyclic) bond motifs is 3. The van der Waals surface area contributed by atoms with Gasteiger partial charge in [0.1, 0.15) is 12.6 Å². The number of nitrogens with one attached hydrogen (secondary N) is 1. The molecule has 0 saturated carbocycles. The number of benzene rings is 2. The Morgan fingerprint density at radius 3 is 2.06 bits per heavy atom. The Labute approximate surface area is 190 Å². The molecule has 2 aromatic carbocycles. The molecule has 0 spiro atoms. The van der Waals surface area contributed by atoms with Crippen LogP contribution in [0.5, 0.6) is 0 Å². The number of carbonyl (C=O) groups excluding carboxylic acids is 1. The van der Waals surface area contributed by atoms with Crippen molar-refractivity contribution in [2.75, 3.05) is 6.61 Å². The van der Waals surface area contributed by atoms with Crippen LogP contribution in [0.15, 0.2) is 73.1 Å². The van der Waals surface area contributed by atoms with Crippen LogP contribution in [0.1, 0.15) is 29.5 Å². The minimum atomic E-state index is -1.12. The van der Waals surface area contributed by atoms with Gasteiger partial charge in [0, 0.05) is 31.7 Å². The Kier molecular flexibility index (Phi) is 7.75. The summed E-state index contributed by atoms with van der Waals surface area (Å²) >= 11 is 0. The normalized spacial score (nSPS) is 12.4. The van der Waals surface area contributed by atoms with Crippen LogP contribution < -0.4 is 5.32 Å². The van der Waals surface area contributed by atoms with Gasteiger partial charge in [0.2, 0.25) is 0 Å². The van der Waals surface area contributed by atoms with Crippen molar-refractivity contribution in [2.45, 2.75) is 25.3 Å². The summed E-state index contributed by atoms with van der Waals surface area (Å²) in [5.74, 6) is -2.03. The number of aliphatic carboxylic acids is 2. The van der Waals surface area contributed by atoms with Gasteiger partial charge in [-0.05, 0) is 33.9 Å². The first-order valence-corrected chi connectivity index (χ1v) is 10.3. The summed E-state index contributed by atoms with van der Waals surface area (Å²) in [7, 11) is 0. The van der Waals surface area contributed by atoms with Crippen molar-refractivity contribution in [3.8, 4) is 11.1 Å². The van der Waals surface area contributed by atoms with Gasteiger partial charge in [-0.1, -0.05) is 54.6 Å². The highest BCUT2D eigenvalue weighted by molar-refractivity contribution is 5.81. The molecule has 0 radical (unpaired) electrons. The quantitative estimate of drug-likeness (QED) is 0.525. The predicted molar refractivity (Wildman–Crippen MR) is 121 cm³/mol. The van der Waals surface area contributed by atoms with Crippen LogP contribution in [0.25, 0.3) is 11.1 Å². The number of aromatic nitrogens is 1. The Hall–Kier alpha value is -4.20. The fourth-order valence-corrected chi connectivity index (χ4v) is 3.74. The summed E-state index contributed by atoms with van der Waals surface area (Å²) in [6, 6.07) is 18.5. The van der Waals surface area contributed by atoms with Gasteiger partial charge in [-0.2, -0.15) is 0 Å². The summed E-state index contributed by atoms with van der Waals surface area (Å²) in [6.07, 6.45) is 2.57. The average Bonchev–Trinajstić information content (AvgIpc) is 3.11. The molecule has 8 heteroatoms. The monoisotopic (exact) mass is 448 g/mol. The van der Waals surface area contributed by atoms with E-state index >= 15 is 0 Å². The lowest BCUT2D eigenvalue weighted by molar-refractivity contribution is -0.139. The zero-order valence-electron chi connectivity index (χ0n) is 18.0. The van der Waals surface area contributed by atoms with Crippen LogP contribution in [0.2, 0.25) is 0 Å². The number of pyridine rings is 1. The number of hydrogen-bond acceptors (Lipinski definition) is 5. The molecular weight excluding hydrogens is 424 g/mol. The Bertz CT molecular complexity index is 1080. The van der Waals surface area contributed by atoms with Crippen molar-refractivity contribution in [3.63, 3.8) is 0 Å². The standard InChI is InChI=1S/C23H20N2O4.C2H4O2/c26-22(27)21(12-15-6-5-11-24-13-15)25-23(28)29-14-20-18-9-3-1-7-16(18)17-8-2-4-10-19(17)20;1-2(3)4/h1-11,13,20-21H,12,14H2,(H,25,28)(H,26,27);1H3,(H,3,4). The van der Waals surface area contributed by atoms with Crippen molar-refractivity contribution >= 4 is 18.0 Å². The molecule has 3 aromatic rings. The van der Waals surface area contributed by atoms with E-state index in [1.807, 2.05) is 36.4 Å². The fraction of sp³-hybridized carbons (Fsp3) is 0.200. The molecule has 4 rings (SSSR count). The predicted octanol–water partition coefficient (Wildman–Crippen LogP) is 3.71. The molecule has 1 aliphatic rings. The van der Waals surface area contributed by atoms with E-state index < -0.39 is 24.1 Å². The molecule has 170 valence electrons. The second kappa shape index (κ2) is 10.9. The van der Waals surface area contributed by atoms with E-state index in [1.165, 1.54) is 0 Å². The zero-order valence-corrected chi connectivity index (χ0v) is 18.0. The first kappa shape index (κ1) is 23.5. The van der Waals surface area contributed by atoms with Crippen molar-refractivity contribution in [1.29, 1.82) is 0 Å². The first-order chi connectivity index (χ1) is 15.9. The number of hydrogen-bond donors (Lipinski definition) is 3. The average molecular weight is 448 g/mol. The molecule has 0 aliphatic heterocycles. The van der Waals surface area contributed by atoms with Gasteiger partial charge in [-0.25, -0.2) is 9.59 Å². The van der Waals surface area contributed by atoms with E-state index in [2.05, 4.69) is 22.4 Å². The van der Waals surface area contributed by atoms with Crippen LogP contribution in [-0.2, 0) is 20.7 Å². The number of rotatable bonds is 6. The summed E-state index contributed by atoms with van der Waals surface area (Å²) < 4.78 is 5.43. The van der Waals surface area contributed by atoms with Gasteiger partial charge in [0.05, 0.1) is 0 Å². The zero-order chi connectivity index (χ0) is 23.8. The summed E-state index contributed by atoms with van der Waals surface area (Å²) in [5.41, 5.74) is 5.20. The van der Waals surface area contributed by atoms with E-state index in [9.17, 15) is 14.7 Å². The van der Waals surface area contributed by atoms with Gasteiger partial charge in [-0.3, -0.25) is 9.78 Å². The van der Waals surface area contributed by atoms with E-state index in [0.29, 0.717) is 0 Å². The van der Waals surface area contributed by atoms with Gasteiger partial charge >= 0.3 is 12.1 Å². The number of carboxylic acids is 2. The minimum Gasteiger partial charge on any atom is -0.481 e. The molecule has 0 fully saturated rings. The lowest BCUT2D eigenvalue weighted by atomic mass is 9.98. The van der Waals surface area contributed by atoms with E-state index in [1.54, 1.807) is 24.5 Å². The Morgan fingerprint density at radius 1 is 0.970 bits per heavy atom. The van der Waals surface area contributed by atoms with Crippen LogP contribution in [-0.4, -0.2) is 45.9 Å². The maximum absolute atomic E-state index is 12.3. The molecule has 1 heterocycles. The first-order valence-electron chi connectivity index (χ1n) is 10.3. The van der Waals surface area contributed by atoms with Crippen molar-refractivity contribution < 1.29 is 29.3 Å². The smallest absolute Gasteiger partial charge is 0.407 e. The number of carboxylic acid groups (broad SMARTS) is 2. The molecule has 33 heavy (non-hydrogen) atoms. The number of ether oxygens (including phenoxy) is 1. The molecule has 1 aromatic heterocycles. The van der Waals surface area contributed by atoms with E-state index in [0.717, 1.165) is 34.7 Å². The number of alkyl carbamates (subject to hydrolysis) is 1. The third kappa shape index (κ3) is 6.16. The minimum absolute atomic E-state index is 0.0743. The van der Waals surface area contributed by atoms with E-state index in [-0.39, 0.29) is 18.9 Å². The topological polar surface area (TPSA) is 126 Å². The molecule has 1 unspecified atom stereocenters. The van der Waals surface area contributed by atoms with E-state index in [4.69, 9.17) is 14.6 Å². The summed E-state index contributed by atoms with van der Waals surface area (Å²) in [4.78, 5) is 36.8. The van der Waals surface area contributed by atoms with Gasteiger partial charge < -0.3 is 20.3 Å². The SMILES string of the molecule is CC(=O)O.O=C(NC(Cc1cccnc1)C(=O)O)OCC1c2ccccc2-c2ccccc21. The molecule has 1 amide bonds. The Morgan fingerprint density at radius 2 is 1.55 bits per heavy atom. The highest BCUT2D eigenvalue weighted by Gasteiger charge is 2.29. The second-order valence-electron chi connectivity index (χ2n) is 7.45. The van der Waals surface area contributed by atoms with Gasteiger partial charge in [0.25, 0.3) is 5.97 Å². The van der Waals surface area contributed by atoms with Gasteiger partial charge in [-0.15, -0.1) is 0 Å². The van der Waals surface area contributed by atoms with Crippen LogP contribution >= 0.6 is 0 Å². The largest absolute Gasteiger partial charge is 0.481 e. The van der Waals surface area contributed by atoms with Crippen LogP contribution in [0.3, 0.4) is 0 Å².